The van der Waals surface area contributed by atoms with Crippen molar-refractivity contribution in [2.24, 2.45) is 5.73 Å². The van der Waals surface area contributed by atoms with E-state index in [4.69, 9.17) is 22.3 Å². The minimum absolute atomic E-state index is 0.00724. The number of ketones is 2. The van der Waals surface area contributed by atoms with Crippen LogP contribution in [0, 0.1) is 0 Å². The number of Topliss-reactive ketones (excluding diaryl/α,β-unsaturated/α-hetero) is 2. The van der Waals surface area contributed by atoms with E-state index < -0.39 is 0 Å². The van der Waals surface area contributed by atoms with Crippen LogP contribution < -0.4 is 11.1 Å². The van der Waals surface area contributed by atoms with Gasteiger partial charge in [-0.05, 0) is 64.6 Å². The van der Waals surface area contributed by atoms with Crippen LogP contribution in [0.2, 0.25) is 5.15 Å². The number of pyridine rings is 2. The number of fused-ring (bicyclic) bond motifs is 10. The number of nitrogens with zero attached hydrogens (tertiary/aromatic N) is 8. The number of carbonyl (C=O) groups excluding carboxylic acids is 2. The Bertz CT molecular complexity index is 2150. The largest absolute Gasteiger partial charge is 0.369 e. The van der Waals surface area contributed by atoms with Gasteiger partial charge in [-0.25, -0.2) is 19.9 Å². The number of nitrogens with one attached hydrogen (secondary N) is 1. The van der Waals surface area contributed by atoms with E-state index in [1.165, 1.54) is 0 Å². The van der Waals surface area contributed by atoms with E-state index in [0.29, 0.717) is 35.5 Å². The van der Waals surface area contributed by atoms with E-state index in [-0.39, 0.29) is 11.6 Å². The molecule has 2 aromatic carbocycles. The maximum absolute atomic E-state index is 12.4. The van der Waals surface area contributed by atoms with Gasteiger partial charge in [-0.3, -0.25) is 18.7 Å². The first-order valence-electron chi connectivity index (χ1n) is 16.1. The Morgan fingerprint density at radius 1 is 0.694 bits per heavy atom. The van der Waals surface area contributed by atoms with Crippen molar-refractivity contribution in [1.82, 2.24) is 38.9 Å². The molecule has 0 saturated heterocycles. The van der Waals surface area contributed by atoms with E-state index in [1.54, 1.807) is 10.6 Å². The van der Waals surface area contributed by atoms with Crippen molar-refractivity contribution in [3.05, 3.63) is 101 Å². The topological polar surface area (TPSA) is 140 Å². The fourth-order valence-corrected chi connectivity index (χ4v) is 5.86. The average Bonchev–Trinajstić information content (AvgIpc) is 3.67. The predicted octanol–water partition coefficient (Wildman–Crippen LogP) is 4.45. The number of nitrogens with two attached hydrogens (primary N) is 1. The smallest absolute Gasteiger partial charge is 0.203 e. The van der Waals surface area contributed by atoms with Gasteiger partial charge in [0.1, 0.15) is 22.6 Å². The van der Waals surface area contributed by atoms with Gasteiger partial charge in [0.25, 0.3) is 0 Å². The Morgan fingerprint density at radius 3 is 1.71 bits per heavy atom. The zero-order valence-corrected chi connectivity index (χ0v) is 28.8. The van der Waals surface area contributed by atoms with Crippen LogP contribution >= 0.6 is 11.6 Å². The second-order valence-electron chi connectivity index (χ2n) is 12.3. The zero-order chi connectivity index (χ0) is 34.7. The van der Waals surface area contributed by atoms with E-state index >= 15 is 0 Å². The summed E-state index contributed by atoms with van der Waals surface area (Å²) in [5.41, 5.74) is 10.4. The molecule has 0 aliphatic carbocycles. The standard InChI is InChI=1S/C18H19N5O.C14H8ClN3O.C4H12N2/c1-22(2)10-9-19-16-8-7-12-11-15(24)18-20-13-5-3-4-6-14(13)23(18)17(12)21-16;15-12-6-5-8-7-11(19)14-16-9-3-1-2-4-10(9)18(14)13(8)17-12;1-6(2)4-3-5/h3-8H,9-11H2,1-2H3,(H,19,21);1-6H,7H2;3-5H2,1-2H3. The second kappa shape index (κ2) is 14.6. The van der Waals surface area contributed by atoms with Gasteiger partial charge in [0.2, 0.25) is 11.6 Å². The van der Waals surface area contributed by atoms with E-state index in [2.05, 4.69) is 30.1 Å². The molecule has 6 heterocycles. The Labute approximate surface area is 289 Å². The summed E-state index contributed by atoms with van der Waals surface area (Å²) < 4.78 is 3.68. The highest BCUT2D eigenvalue weighted by Gasteiger charge is 2.28. The third kappa shape index (κ3) is 7.22. The first kappa shape index (κ1) is 33.9. The number of halogens is 1. The van der Waals surface area contributed by atoms with Crippen molar-refractivity contribution in [3.63, 3.8) is 0 Å². The Balaban J connectivity index is 0.000000149. The summed E-state index contributed by atoms with van der Waals surface area (Å²) >= 11 is 5.97. The van der Waals surface area contributed by atoms with Gasteiger partial charge in [0.15, 0.2) is 11.6 Å². The van der Waals surface area contributed by atoms with Gasteiger partial charge in [-0.2, -0.15) is 0 Å². The highest BCUT2D eigenvalue weighted by atomic mass is 35.5. The monoisotopic (exact) mass is 678 g/mol. The fourth-order valence-electron chi connectivity index (χ4n) is 5.72. The van der Waals surface area contributed by atoms with Crippen LogP contribution in [0.15, 0.2) is 72.8 Å². The van der Waals surface area contributed by atoms with Crippen molar-refractivity contribution in [3.8, 4) is 11.6 Å². The first-order chi connectivity index (χ1) is 23.6. The van der Waals surface area contributed by atoms with Gasteiger partial charge in [-0.15, -0.1) is 0 Å². The van der Waals surface area contributed by atoms with Gasteiger partial charge in [-0.1, -0.05) is 48.0 Å². The van der Waals surface area contributed by atoms with Crippen LogP contribution in [0.25, 0.3) is 33.7 Å². The number of likely N-dealkylation sites (N-methyl/N-ethyl adjacent to an activating group) is 2. The predicted molar refractivity (Wildman–Crippen MR) is 193 cm³/mol. The maximum Gasteiger partial charge on any atom is 0.203 e. The molecule has 0 saturated carbocycles. The molecule has 2 aliphatic heterocycles. The lowest BCUT2D eigenvalue weighted by molar-refractivity contribution is 0.0969. The average molecular weight is 679 g/mol. The minimum Gasteiger partial charge on any atom is -0.369 e. The third-order valence-electron chi connectivity index (χ3n) is 8.07. The molecular formula is C36H39ClN10O2. The van der Waals surface area contributed by atoms with E-state index in [1.807, 2.05) is 99.5 Å². The number of para-hydroxylation sites is 4. The Kier molecular flexibility index (Phi) is 10.1. The van der Waals surface area contributed by atoms with E-state index in [9.17, 15) is 9.59 Å². The molecule has 0 unspecified atom stereocenters. The summed E-state index contributed by atoms with van der Waals surface area (Å²) in [6.45, 7) is 3.48. The van der Waals surface area contributed by atoms with Gasteiger partial charge in [0.05, 0.1) is 22.1 Å². The Morgan fingerprint density at radius 2 is 1.20 bits per heavy atom. The summed E-state index contributed by atoms with van der Waals surface area (Å²) in [6.07, 6.45) is 0.673. The van der Waals surface area contributed by atoms with Crippen LogP contribution in [0.3, 0.4) is 0 Å². The molecule has 0 radical (unpaired) electrons. The molecule has 12 nitrogen and oxygen atoms in total. The number of carbonyl (C=O) groups is 2. The van der Waals surface area contributed by atoms with Crippen LogP contribution in [0.5, 0.6) is 0 Å². The van der Waals surface area contributed by atoms with Crippen molar-refractivity contribution >= 4 is 51.1 Å². The van der Waals surface area contributed by atoms with Crippen molar-refractivity contribution in [1.29, 1.82) is 0 Å². The fraction of sp³-hybridized carbons (Fsp3) is 0.278. The third-order valence-corrected chi connectivity index (χ3v) is 8.28. The molecule has 252 valence electrons. The molecule has 0 bridgehead atoms. The van der Waals surface area contributed by atoms with Crippen LogP contribution in [0.1, 0.15) is 32.4 Å². The van der Waals surface area contributed by atoms with Gasteiger partial charge < -0.3 is 20.9 Å². The molecule has 3 N–H and O–H groups in total. The number of aromatic nitrogens is 6. The lowest BCUT2D eigenvalue weighted by Gasteiger charge is -2.19. The number of hydrogen-bond donors (Lipinski definition) is 2. The summed E-state index contributed by atoms with van der Waals surface area (Å²) in [6, 6.07) is 22.9. The molecule has 4 aromatic heterocycles. The van der Waals surface area contributed by atoms with Crippen LogP contribution in [-0.2, 0) is 12.8 Å². The molecule has 6 aromatic rings. The number of rotatable bonds is 6. The molecule has 0 fully saturated rings. The lowest BCUT2D eigenvalue weighted by atomic mass is 10.1. The quantitative estimate of drug-likeness (QED) is 0.243. The van der Waals surface area contributed by atoms with E-state index in [0.717, 1.165) is 71.0 Å². The van der Waals surface area contributed by atoms with Crippen molar-refractivity contribution < 1.29 is 9.59 Å². The SMILES string of the molecule is CN(C)CCN.CN(C)CCNc1ccc2c(n1)-n1c(nc3ccccc31)C(=O)C2.O=C1Cc2ccc(Cl)nc2-n2c1nc1ccccc12. The maximum atomic E-state index is 12.4. The lowest BCUT2D eigenvalue weighted by Crippen LogP contribution is -2.23. The minimum atomic E-state index is 0.00724. The highest BCUT2D eigenvalue weighted by molar-refractivity contribution is 6.29. The van der Waals surface area contributed by atoms with Gasteiger partial charge >= 0.3 is 0 Å². The number of anilines is 1. The van der Waals surface area contributed by atoms with Crippen molar-refractivity contribution in [2.75, 3.05) is 59.7 Å². The van der Waals surface area contributed by atoms with Crippen LogP contribution in [-0.4, -0.2) is 105 Å². The molecule has 8 rings (SSSR count). The van der Waals surface area contributed by atoms with Crippen LogP contribution in [0.4, 0.5) is 5.82 Å². The molecule has 2 aliphatic rings. The first-order valence-corrected chi connectivity index (χ1v) is 16.4. The summed E-state index contributed by atoms with van der Waals surface area (Å²) in [5, 5.41) is 3.75. The molecule has 0 amide bonds. The summed E-state index contributed by atoms with van der Waals surface area (Å²) in [4.78, 5) is 46.7. The molecule has 13 heteroatoms. The molecule has 0 spiro atoms. The normalized spacial score (nSPS) is 12.9. The molecule has 49 heavy (non-hydrogen) atoms. The number of imidazole rings is 2. The highest BCUT2D eigenvalue weighted by Crippen LogP contribution is 2.30. The van der Waals surface area contributed by atoms with Gasteiger partial charge in [0, 0.05) is 50.1 Å². The van der Waals surface area contributed by atoms with Crippen molar-refractivity contribution in [2.45, 2.75) is 12.8 Å². The second-order valence-corrected chi connectivity index (χ2v) is 12.7. The molecule has 0 atom stereocenters. The number of benzene rings is 2. The Hall–Kier alpha value is -5.01. The molecular weight excluding hydrogens is 640 g/mol. The number of hydrogen-bond acceptors (Lipinski definition) is 10. The zero-order valence-electron chi connectivity index (χ0n) is 28.0. The summed E-state index contributed by atoms with van der Waals surface area (Å²) in [7, 11) is 8.09. The summed E-state index contributed by atoms with van der Waals surface area (Å²) in [5.74, 6) is 3.27.